The predicted molar refractivity (Wildman–Crippen MR) is 133 cm³/mol. The van der Waals surface area contributed by atoms with Gasteiger partial charge in [-0.3, -0.25) is 19.7 Å². The smallest absolute Gasteiger partial charge is 0.310 e. The van der Waals surface area contributed by atoms with Gasteiger partial charge in [-0.15, -0.1) is 11.8 Å². The Hall–Kier alpha value is -3.13. The van der Waals surface area contributed by atoms with Crippen molar-refractivity contribution in [3.63, 3.8) is 0 Å². The van der Waals surface area contributed by atoms with Crippen molar-refractivity contribution >= 4 is 23.6 Å². The number of ether oxygens (including phenoxy) is 1. The molecule has 7 nitrogen and oxygen atoms in total. The third-order valence-corrected chi connectivity index (χ3v) is 6.72. The lowest BCUT2D eigenvalue weighted by molar-refractivity contribution is -0.427. The summed E-state index contributed by atoms with van der Waals surface area (Å²) in [4.78, 5) is 39.9. The third kappa shape index (κ3) is 7.18. The van der Waals surface area contributed by atoms with E-state index in [0.717, 1.165) is 4.90 Å². The predicted octanol–water partition coefficient (Wildman–Crippen LogP) is 4.94. The second kappa shape index (κ2) is 12.9. The summed E-state index contributed by atoms with van der Waals surface area (Å²) in [6, 6.07) is 9.90. The fourth-order valence-corrected chi connectivity index (χ4v) is 4.89. The van der Waals surface area contributed by atoms with Crippen LogP contribution in [0.3, 0.4) is 0 Å². The van der Waals surface area contributed by atoms with Crippen LogP contribution in [0.1, 0.15) is 32.6 Å². The second-order valence-corrected chi connectivity index (χ2v) is 9.24. The Labute approximate surface area is 204 Å². The zero-order chi connectivity index (χ0) is 24.3. The number of thioether (sulfide) groups is 1. The summed E-state index contributed by atoms with van der Waals surface area (Å²) < 4.78 is 5.17. The van der Waals surface area contributed by atoms with E-state index in [-0.39, 0.29) is 34.8 Å². The Morgan fingerprint density at radius 2 is 2.06 bits per heavy atom. The van der Waals surface area contributed by atoms with Crippen molar-refractivity contribution in [2.45, 2.75) is 37.5 Å². The molecule has 1 aromatic rings. The van der Waals surface area contributed by atoms with E-state index in [1.165, 1.54) is 0 Å². The first-order valence-electron chi connectivity index (χ1n) is 11.5. The number of hydrogen-bond acceptors (Lipinski definition) is 6. The van der Waals surface area contributed by atoms with Gasteiger partial charge in [-0.25, -0.2) is 0 Å². The molecule has 0 aromatic heterocycles. The molecule has 1 fully saturated rings. The number of carbonyl (C=O) groups excluding carboxylic acids is 2. The minimum Gasteiger partial charge on any atom is -0.466 e. The quantitative estimate of drug-likeness (QED) is 0.163. The van der Waals surface area contributed by atoms with Crippen LogP contribution in [0.15, 0.2) is 82.5 Å². The van der Waals surface area contributed by atoms with Crippen LogP contribution in [0.25, 0.3) is 0 Å². The van der Waals surface area contributed by atoms with Crippen molar-refractivity contribution in [2.24, 2.45) is 5.92 Å². The fourth-order valence-electron chi connectivity index (χ4n) is 3.98. The molecule has 0 spiro atoms. The maximum Gasteiger partial charge on any atom is 0.310 e. The lowest BCUT2D eigenvalue weighted by Crippen LogP contribution is -2.43. The van der Waals surface area contributed by atoms with Crippen LogP contribution in [0.5, 0.6) is 0 Å². The van der Waals surface area contributed by atoms with E-state index in [9.17, 15) is 19.7 Å². The molecule has 8 heteroatoms. The first-order valence-corrected chi connectivity index (χ1v) is 12.5. The van der Waals surface area contributed by atoms with E-state index in [0.29, 0.717) is 55.9 Å². The largest absolute Gasteiger partial charge is 0.466 e. The average molecular weight is 483 g/mol. The van der Waals surface area contributed by atoms with Crippen molar-refractivity contribution in [3.05, 3.63) is 87.7 Å². The zero-order valence-corrected chi connectivity index (χ0v) is 20.2. The molecule has 1 aliphatic heterocycles. The highest BCUT2D eigenvalue weighted by Gasteiger charge is 2.31. The van der Waals surface area contributed by atoms with Gasteiger partial charge in [0.05, 0.1) is 23.9 Å². The van der Waals surface area contributed by atoms with Gasteiger partial charge in [-0.1, -0.05) is 36.4 Å². The van der Waals surface area contributed by atoms with E-state index < -0.39 is 0 Å². The first-order chi connectivity index (χ1) is 16.5. The normalized spacial score (nSPS) is 18.6. The van der Waals surface area contributed by atoms with Crippen LogP contribution in [0.4, 0.5) is 0 Å². The highest BCUT2D eigenvalue weighted by Crippen LogP contribution is 2.26. The summed E-state index contributed by atoms with van der Waals surface area (Å²) in [7, 11) is 0. The summed E-state index contributed by atoms with van der Waals surface area (Å²) in [5.74, 6) is -0.141. The van der Waals surface area contributed by atoms with E-state index in [1.807, 2.05) is 30.3 Å². The van der Waals surface area contributed by atoms with Crippen molar-refractivity contribution in [3.8, 4) is 0 Å². The number of rotatable bonds is 9. The number of piperidine rings is 1. The average Bonchev–Trinajstić information content (AvgIpc) is 3.09. The van der Waals surface area contributed by atoms with Gasteiger partial charge in [0.15, 0.2) is 0 Å². The van der Waals surface area contributed by atoms with E-state index in [4.69, 9.17) is 4.74 Å². The fraction of sp³-hybridized carbons (Fsp3) is 0.385. The molecule has 1 unspecified atom stereocenters. The Morgan fingerprint density at radius 1 is 1.26 bits per heavy atom. The zero-order valence-electron chi connectivity index (χ0n) is 19.4. The summed E-state index contributed by atoms with van der Waals surface area (Å²) in [5.41, 5.74) is 1.00. The Bertz CT molecular complexity index is 1010. The highest BCUT2D eigenvalue weighted by atomic mass is 32.2. The van der Waals surface area contributed by atoms with E-state index in [1.54, 1.807) is 54.0 Å². The van der Waals surface area contributed by atoms with Gasteiger partial charge in [0.25, 0.3) is 5.70 Å². The summed E-state index contributed by atoms with van der Waals surface area (Å²) in [6.45, 7) is 2.93. The third-order valence-electron chi connectivity index (χ3n) is 5.70. The molecule has 1 amide bonds. The Kier molecular flexibility index (Phi) is 9.70. The van der Waals surface area contributed by atoms with Crippen molar-refractivity contribution in [1.82, 2.24) is 4.90 Å². The highest BCUT2D eigenvalue weighted by molar-refractivity contribution is 7.99. The van der Waals surface area contributed by atoms with Crippen molar-refractivity contribution in [2.75, 3.05) is 25.4 Å². The van der Waals surface area contributed by atoms with Gasteiger partial charge in [0.1, 0.15) is 0 Å². The first kappa shape index (κ1) is 25.5. The van der Waals surface area contributed by atoms with Crippen LogP contribution in [-0.4, -0.2) is 47.1 Å². The van der Waals surface area contributed by atoms with Crippen LogP contribution < -0.4 is 0 Å². The summed E-state index contributed by atoms with van der Waals surface area (Å²) in [5, 5.41) is 11.6. The van der Waals surface area contributed by atoms with Crippen LogP contribution in [0.2, 0.25) is 0 Å². The standard InChI is InChI=1S/C26H30N2O5S/c1-2-33-26(30)22-11-9-16-27(19-22)25(29)21(15-17-34-23-12-6-4-7-13-23)18-20-10-5-3-8-14-24(20)28(31)32/h3-8,10,12-13,18,22H,2,9,11,14-17,19H2,1H3/b21-18+. The molecule has 3 rings (SSSR count). The molecule has 1 saturated heterocycles. The molecule has 0 radical (unpaired) electrons. The lowest BCUT2D eigenvalue weighted by atomic mass is 9.96. The van der Waals surface area contributed by atoms with Gasteiger partial charge in [0, 0.05) is 34.9 Å². The molecule has 0 bridgehead atoms. The number of nitrogens with zero attached hydrogens (tertiary/aromatic N) is 2. The van der Waals surface area contributed by atoms with Gasteiger partial charge >= 0.3 is 5.97 Å². The Morgan fingerprint density at radius 3 is 2.79 bits per heavy atom. The molecule has 1 aromatic carbocycles. The molecule has 180 valence electrons. The number of carbonyl (C=O) groups is 2. The van der Waals surface area contributed by atoms with Gasteiger partial charge in [-0.05, 0) is 50.5 Å². The van der Waals surface area contributed by atoms with Crippen LogP contribution in [0, 0.1) is 16.0 Å². The minimum atomic E-state index is -0.385. The monoisotopic (exact) mass is 482 g/mol. The van der Waals surface area contributed by atoms with Crippen molar-refractivity contribution in [1.29, 1.82) is 0 Å². The molecular weight excluding hydrogens is 452 g/mol. The maximum atomic E-state index is 13.6. The molecule has 1 aliphatic carbocycles. The number of benzene rings is 1. The molecular formula is C26H30N2O5S. The molecule has 1 atom stereocenters. The Balaban J connectivity index is 1.84. The summed E-state index contributed by atoms with van der Waals surface area (Å²) in [6.07, 6.45) is 10.6. The van der Waals surface area contributed by atoms with E-state index in [2.05, 4.69) is 0 Å². The topological polar surface area (TPSA) is 89.8 Å². The SMILES string of the molecule is CCOC(=O)C1CCCN(C(=O)/C(=C/C2=C([N+](=O)[O-])CC=CC=C2)CCSc2ccccc2)C1. The maximum absolute atomic E-state index is 13.6. The van der Waals surface area contributed by atoms with E-state index >= 15 is 0 Å². The van der Waals surface area contributed by atoms with Crippen LogP contribution in [-0.2, 0) is 14.3 Å². The van der Waals surface area contributed by atoms with Gasteiger partial charge in [0.2, 0.25) is 5.91 Å². The molecule has 0 saturated carbocycles. The minimum absolute atomic E-state index is 0.0639. The number of allylic oxidation sites excluding steroid dienone is 6. The summed E-state index contributed by atoms with van der Waals surface area (Å²) >= 11 is 1.63. The number of likely N-dealkylation sites (tertiary alicyclic amines) is 1. The number of nitro groups is 1. The second-order valence-electron chi connectivity index (χ2n) is 8.07. The number of esters is 1. The molecule has 1 heterocycles. The lowest BCUT2D eigenvalue weighted by Gasteiger charge is -2.32. The van der Waals surface area contributed by atoms with Crippen LogP contribution >= 0.6 is 11.8 Å². The molecule has 34 heavy (non-hydrogen) atoms. The van der Waals surface area contributed by atoms with Gasteiger partial charge < -0.3 is 9.64 Å². The molecule has 0 N–H and O–H groups in total. The number of hydrogen-bond donors (Lipinski definition) is 0. The number of amides is 1. The van der Waals surface area contributed by atoms with Crippen molar-refractivity contribution < 1.29 is 19.2 Å². The molecule has 2 aliphatic rings. The van der Waals surface area contributed by atoms with Gasteiger partial charge in [-0.2, -0.15) is 0 Å².